The van der Waals surface area contributed by atoms with Crippen molar-refractivity contribution < 1.29 is 0 Å². The Balaban J connectivity index is 0.000000336. The lowest BCUT2D eigenvalue weighted by molar-refractivity contribution is 0.311. The molecule has 0 radical (unpaired) electrons. The number of hydrogen-bond donors (Lipinski definition) is 1. The molecule has 3 nitrogen and oxygen atoms in total. The number of nitrogens with zero attached hydrogens (tertiary/aromatic N) is 2. The highest BCUT2D eigenvalue weighted by Crippen LogP contribution is 2.13. The van der Waals surface area contributed by atoms with Gasteiger partial charge in [-0.25, -0.2) is 0 Å². The minimum Gasteiger partial charge on any atom is -0.302 e. The Labute approximate surface area is 73.8 Å². The van der Waals surface area contributed by atoms with Crippen molar-refractivity contribution in [1.82, 2.24) is 15.1 Å². The summed E-state index contributed by atoms with van der Waals surface area (Å²) in [6, 6.07) is 0. The van der Waals surface area contributed by atoms with Gasteiger partial charge in [-0.1, -0.05) is 13.8 Å². The number of aromatic amines is 1. The van der Waals surface area contributed by atoms with Crippen LogP contribution in [-0.4, -0.2) is 28.7 Å². The molecule has 1 aliphatic rings. The van der Waals surface area contributed by atoms with Crippen molar-refractivity contribution in [2.24, 2.45) is 0 Å². The summed E-state index contributed by atoms with van der Waals surface area (Å²) in [6.45, 7) is 6.20. The van der Waals surface area contributed by atoms with E-state index in [0.29, 0.717) is 0 Å². The fraction of sp³-hybridized carbons (Fsp3) is 0.667. The highest BCUT2D eigenvalue weighted by Gasteiger charge is 2.13. The number of rotatable bonds is 0. The normalized spacial score (nSPS) is 16.2. The molecule has 0 saturated heterocycles. The van der Waals surface area contributed by atoms with Gasteiger partial charge in [0.05, 0.1) is 6.20 Å². The summed E-state index contributed by atoms with van der Waals surface area (Å²) < 4.78 is 0. The van der Waals surface area contributed by atoms with Crippen LogP contribution in [0, 0.1) is 0 Å². The standard InChI is InChI=1S/C7H11N3.C2H6/c1-10-3-2-7-6(5-10)4-8-9-7;1-2/h4H,2-3,5H2,1H3,(H,8,9);1-2H3. The topological polar surface area (TPSA) is 31.9 Å². The van der Waals surface area contributed by atoms with Gasteiger partial charge in [0.15, 0.2) is 0 Å². The van der Waals surface area contributed by atoms with Crippen molar-refractivity contribution in [2.75, 3.05) is 13.6 Å². The number of H-pyrrole nitrogens is 1. The van der Waals surface area contributed by atoms with E-state index in [1.54, 1.807) is 0 Å². The quantitative estimate of drug-likeness (QED) is 0.633. The van der Waals surface area contributed by atoms with Gasteiger partial charge in [-0.3, -0.25) is 5.10 Å². The molecule has 0 aliphatic carbocycles. The molecule has 0 spiro atoms. The molecule has 1 aliphatic heterocycles. The molecule has 68 valence electrons. The Kier molecular flexibility index (Phi) is 3.29. The lowest BCUT2D eigenvalue weighted by atomic mass is 10.1. The Morgan fingerprint density at radius 3 is 3.00 bits per heavy atom. The van der Waals surface area contributed by atoms with Crippen LogP contribution < -0.4 is 0 Å². The smallest absolute Gasteiger partial charge is 0.0535 e. The molecular weight excluding hydrogens is 150 g/mol. The van der Waals surface area contributed by atoms with Crippen LogP contribution in [0.5, 0.6) is 0 Å². The molecule has 0 fully saturated rings. The van der Waals surface area contributed by atoms with Crippen molar-refractivity contribution >= 4 is 0 Å². The van der Waals surface area contributed by atoms with Crippen LogP contribution in [0.2, 0.25) is 0 Å². The van der Waals surface area contributed by atoms with Crippen LogP contribution in [0.3, 0.4) is 0 Å². The molecular formula is C9H17N3. The van der Waals surface area contributed by atoms with E-state index in [0.717, 1.165) is 19.5 Å². The van der Waals surface area contributed by atoms with E-state index in [-0.39, 0.29) is 0 Å². The second kappa shape index (κ2) is 4.26. The number of likely N-dealkylation sites (N-methyl/N-ethyl adjacent to an activating group) is 1. The molecule has 0 atom stereocenters. The molecule has 1 aromatic rings. The molecule has 2 heterocycles. The first kappa shape index (κ1) is 9.26. The molecule has 0 amide bonds. The predicted molar refractivity (Wildman–Crippen MR) is 50.0 cm³/mol. The zero-order chi connectivity index (χ0) is 8.97. The van der Waals surface area contributed by atoms with E-state index in [2.05, 4.69) is 22.1 Å². The van der Waals surface area contributed by atoms with Gasteiger partial charge in [0.1, 0.15) is 0 Å². The van der Waals surface area contributed by atoms with Crippen LogP contribution in [0.15, 0.2) is 6.20 Å². The van der Waals surface area contributed by atoms with Gasteiger partial charge in [0, 0.05) is 30.8 Å². The molecule has 0 bridgehead atoms. The van der Waals surface area contributed by atoms with E-state index in [1.807, 2.05) is 20.0 Å². The third-order valence-corrected chi connectivity index (χ3v) is 1.99. The van der Waals surface area contributed by atoms with Crippen molar-refractivity contribution in [2.45, 2.75) is 26.8 Å². The fourth-order valence-electron chi connectivity index (χ4n) is 1.36. The number of nitrogens with one attached hydrogen (secondary N) is 1. The first-order chi connectivity index (χ1) is 5.86. The second-order valence-corrected chi connectivity index (χ2v) is 2.86. The van der Waals surface area contributed by atoms with Gasteiger partial charge in [0.25, 0.3) is 0 Å². The summed E-state index contributed by atoms with van der Waals surface area (Å²) >= 11 is 0. The summed E-state index contributed by atoms with van der Waals surface area (Å²) in [5.74, 6) is 0. The minimum atomic E-state index is 1.05. The maximum Gasteiger partial charge on any atom is 0.0535 e. The first-order valence-electron chi connectivity index (χ1n) is 4.56. The highest BCUT2D eigenvalue weighted by molar-refractivity contribution is 5.18. The van der Waals surface area contributed by atoms with Crippen LogP contribution in [0.4, 0.5) is 0 Å². The lowest BCUT2D eigenvalue weighted by Crippen LogP contribution is -2.25. The van der Waals surface area contributed by atoms with E-state index >= 15 is 0 Å². The van der Waals surface area contributed by atoms with Gasteiger partial charge in [-0.05, 0) is 7.05 Å². The van der Waals surface area contributed by atoms with Gasteiger partial charge in [0.2, 0.25) is 0 Å². The number of hydrogen-bond acceptors (Lipinski definition) is 2. The van der Waals surface area contributed by atoms with Crippen LogP contribution in [0.1, 0.15) is 25.1 Å². The van der Waals surface area contributed by atoms with Crippen LogP contribution in [0.25, 0.3) is 0 Å². The second-order valence-electron chi connectivity index (χ2n) is 2.86. The summed E-state index contributed by atoms with van der Waals surface area (Å²) in [5, 5.41) is 6.99. The van der Waals surface area contributed by atoms with Gasteiger partial charge in [-0.15, -0.1) is 0 Å². The van der Waals surface area contributed by atoms with Crippen molar-refractivity contribution in [3.05, 3.63) is 17.5 Å². The van der Waals surface area contributed by atoms with E-state index < -0.39 is 0 Å². The minimum absolute atomic E-state index is 1.05. The van der Waals surface area contributed by atoms with Gasteiger partial charge >= 0.3 is 0 Å². The lowest BCUT2D eigenvalue weighted by Gasteiger charge is -2.20. The predicted octanol–water partition coefficient (Wildman–Crippen LogP) is 1.42. The third-order valence-electron chi connectivity index (χ3n) is 1.99. The fourth-order valence-corrected chi connectivity index (χ4v) is 1.36. The zero-order valence-corrected chi connectivity index (χ0v) is 8.09. The Morgan fingerprint density at radius 2 is 2.25 bits per heavy atom. The average Bonchev–Trinajstić information content (AvgIpc) is 2.54. The monoisotopic (exact) mass is 167 g/mol. The highest BCUT2D eigenvalue weighted by atomic mass is 15.2. The molecule has 0 unspecified atom stereocenters. The molecule has 12 heavy (non-hydrogen) atoms. The van der Waals surface area contributed by atoms with Crippen LogP contribution in [-0.2, 0) is 13.0 Å². The third kappa shape index (κ3) is 1.85. The Bertz CT molecular complexity index is 229. The van der Waals surface area contributed by atoms with E-state index in [9.17, 15) is 0 Å². The van der Waals surface area contributed by atoms with E-state index in [4.69, 9.17) is 0 Å². The average molecular weight is 167 g/mol. The maximum absolute atomic E-state index is 3.99. The zero-order valence-electron chi connectivity index (χ0n) is 8.09. The Morgan fingerprint density at radius 1 is 1.50 bits per heavy atom. The SMILES string of the molecule is CC.CN1CCc2[nH]ncc2C1. The number of aromatic nitrogens is 2. The molecule has 1 aromatic heterocycles. The van der Waals surface area contributed by atoms with E-state index in [1.165, 1.54) is 11.3 Å². The maximum atomic E-state index is 3.99. The summed E-state index contributed by atoms with van der Waals surface area (Å²) in [4.78, 5) is 2.30. The first-order valence-corrected chi connectivity index (χ1v) is 4.56. The summed E-state index contributed by atoms with van der Waals surface area (Å²) in [5.41, 5.74) is 2.67. The molecule has 1 N–H and O–H groups in total. The summed E-state index contributed by atoms with van der Waals surface area (Å²) in [7, 11) is 2.13. The van der Waals surface area contributed by atoms with Gasteiger partial charge in [-0.2, -0.15) is 5.10 Å². The largest absolute Gasteiger partial charge is 0.302 e. The van der Waals surface area contributed by atoms with Crippen LogP contribution >= 0.6 is 0 Å². The summed E-state index contributed by atoms with van der Waals surface area (Å²) in [6.07, 6.45) is 3.04. The molecule has 0 aromatic carbocycles. The Hall–Kier alpha value is -0.830. The van der Waals surface area contributed by atoms with Gasteiger partial charge < -0.3 is 4.90 Å². The van der Waals surface area contributed by atoms with Crippen molar-refractivity contribution in [3.8, 4) is 0 Å². The molecule has 3 heteroatoms. The number of fused-ring (bicyclic) bond motifs is 1. The molecule has 2 rings (SSSR count). The van der Waals surface area contributed by atoms with Crippen molar-refractivity contribution in [1.29, 1.82) is 0 Å². The van der Waals surface area contributed by atoms with Crippen molar-refractivity contribution in [3.63, 3.8) is 0 Å². The molecule has 0 saturated carbocycles.